The SMILES string of the molecule is O=c1[nH]c(CNc2nc(Cl)nc3ccccc23)cs1. The zero-order valence-corrected chi connectivity index (χ0v) is 11.3. The van der Waals surface area contributed by atoms with Crippen molar-refractivity contribution in [2.45, 2.75) is 6.54 Å². The molecule has 0 saturated carbocycles. The molecule has 0 radical (unpaired) electrons. The number of hydrogen-bond donors (Lipinski definition) is 2. The molecule has 0 fully saturated rings. The van der Waals surface area contributed by atoms with Crippen molar-refractivity contribution < 1.29 is 0 Å². The number of thiazole rings is 1. The third-order valence-corrected chi connectivity index (χ3v) is 3.48. The van der Waals surface area contributed by atoms with E-state index in [0.29, 0.717) is 12.4 Å². The lowest BCUT2D eigenvalue weighted by Crippen LogP contribution is -2.05. The number of fused-ring (bicyclic) bond motifs is 1. The first-order chi connectivity index (χ1) is 9.22. The van der Waals surface area contributed by atoms with Crippen LogP contribution in [-0.4, -0.2) is 15.0 Å². The lowest BCUT2D eigenvalue weighted by molar-refractivity contribution is 1.04. The van der Waals surface area contributed by atoms with Crippen molar-refractivity contribution in [3.63, 3.8) is 0 Å². The number of nitrogens with zero attached hydrogens (tertiary/aromatic N) is 2. The third kappa shape index (κ3) is 2.59. The molecule has 0 amide bonds. The van der Waals surface area contributed by atoms with Crippen LogP contribution >= 0.6 is 22.9 Å². The van der Waals surface area contributed by atoms with Gasteiger partial charge in [-0.05, 0) is 23.7 Å². The Kier molecular flexibility index (Phi) is 3.18. The second-order valence-electron chi connectivity index (χ2n) is 3.89. The maximum absolute atomic E-state index is 11.1. The van der Waals surface area contributed by atoms with E-state index in [1.807, 2.05) is 24.3 Å². The third-order valence-electron chi connectivity index (χ3n) is 2.59. The minimum absolute atomic E-state index is 0.0672. The Labute approximate surface area is 117 Å². The van der Waals surface area contributed by atoms with Gasteiger partial charge in [-0.3, -0.25) is 4.79 Å². The van der Waals surface area contributed by atoms with Crippen molar-refractivity contribution in [1.82, 2.24) is 15.0 Å². The number of hydrogen-bond acceptors (Lipinski definition) is 5. The zero-order chi connectivity index (χ0) is 13.2. The Morgan fingerprint density at radius 3 is 2.95 bits per heavy atom. The van der Waals surface area contributed by atoms with Crippen LogP contribution < -0.4 is 10.2 Å². The highest BCUT2D eigenvalue weighted by atomic mass is 35.5. The molecule has 3 aromatic rings. The first-order valence-electron chi connectivity index (χ1n) is 5.55. The average Bonchev–Trinajstić information content (AvgIpc) is 2.81. The van der Waals surface area contributed by atoms with Crippen LogP contribution in [0.25, 0.3) is 10.9 Å². The predicted octanol–water partition coefficient (Wildman–Crippen LogP) is 2.65. The van der Waals surface area contributed by atoms with Gasteiger partial charge in [0, 0.05) is 16.5 Å². The molecule has 1 aromatic carbocycles. The van der Waals surface area contributed by atoms with Crippen LogP contribution in [0, 0.1) is 0 Å². The molecule has 0 atom stereocenters. The number of anilines is 1. The minimum Gasteiger partial charge on any atom is -0.364 e. The van der Waals surface area contributed by atoms with E-state index in [-0.39, 0.29) is 10.2 Å². The second-order valence-corrected chi connectivity index (χ2v) is 5.07. The van der Waals surface area contributed by atoms with Gasteiger partial charge in [-0.2, -0.15) is 0 Å². The smallest absolute Gasteiger partial charge is 0.304 e. The van der Waals surface area contributed by atoms with Crippen LogP contribution in [0.5, 0.6) is 0 Å². The van der Waals surface area contributed by atoms with Gasteiger partial charge >= 0.3 is 4.87 Å². The van der Waals surface area contributed by atoms with Gasteiger partial charge in [0.15, 0.2) is 0 Å². The molecule has 7 heteroatoms. The average molecular weight is 293 g/mol. The monoisotopic (exact) mass is 292 g/mol. The van der Waals surface area contributed by atoms with E-state index in [1.165, 1.54) is 0 Å². The summed E-state index contributed by atoms with van der Waals surface area (Å²) in [7, 11) is 0. The minimum atomic E-state index is -0.0672. The highest BCUT2D eigenvalue weighted by Crippen LogP contribution is 2.22. The number of nitrogens with one attached hydrogen (secondary N) is 2. The summed E-state index contributed by atoms with van der Waals surface area (Å²) in [5.41, 5.74) is 1.60. The number of halogens is 1. The van der Waals surface area contributed by atoms with Gasteiger partial charge in [0.1, 0.15) is 5.82 Å². The molecular formula is C12H9ClN4OS. The highest BCUT2D eigenvalue weighted by molar-refractivity contribution is 7.07. The topological polar surface area (TPSA) is 70.7 Å². The summed E-state index contributed by atoms with van der Waals surface area (Å²) >= 11 is 7.03. The Morgan fingerprint density at radius 2 is 2.16 bits per heavy atom. The van der Waals surface area contributed by atoms with Gasteiger partial charge in [0.25, 0.3) is 0 Å². The molecule has 3 rings (SSSR count). The summed E-state index contributed by atoms with van der Waals surface area (Å²) < 4.78 is 0. The number of rotatable bonds is 3. The molecule has 0 aliphatic heterocycles. The number of aromatic amines is 1. The van der Waals surface area contributed by atoms with Crippen molar-refractivity contribution in [3.8, 4) is 0 Å². The molecule has 2 aromatic heterocycles. The van der Waals surface area contributed by atoms with E-state index in [1.54, 1.807) is 5.38 Å². The lowest BCUT2D eigenvalue weighted by Gasteiger charge is -2.07. The Morgan fingerprint density at radius 1 is 1.32 bits per heavy atom. The van der Waals surface area contributed by atoms with Crippen LogP contribution in [0.2, 0.25) is 5.28 Å². The molecular weight excluding hydrogens is 284 g/mol. The van der Waals surface area contributed by atoms with Crippen molar-refractivity contribution in [3.05, 3.63) is 50.3 Å². The van der Waals surface area contributed by atoms with Gasteiger partial charge in [0.2, 0.25) is 5.28 Å². The molecule has 0 unspecified atom stereocenters. The quantitative estimate of drug-likeness (QED) is 0.728. The first-order valence-corrected chi connectivity index (χ1v) is 6.81. The Balaban J connectivity index is 1.93. The fourth-order valence-electron chi connectivity index (χ4n) is 1.76. The maximum Gasteiger partial charge on any atom is 0.304 e. The van der Waals surface area contributed by atoms with E-state index in [4.69, 9.17) is 11.6 Å². The van der Waals surface area contributed by atoms with Crippen LogP contribution in [-0.2, 0) is 6.54 Å². The predicted molar refractivity (Wildman–Crippen MR) is 76.8 cm³/mol. The van der Waals surface area contributed by atoms with Crippen molar-refractivity contribution in [1.29, 1.82) is 0 Å². The number of H-pyrrole nitrogens is 1. The molecule has 2 N–H and O–H groups in total. The summed E-state index contributed by atoms with van der Waals surface area (Å²) in [5, 5.41) is 6.02. The van der Waals surface area contributed by atoms with Crippen LogP contribution in [0.1, 0.15) is 5.69 Å². The largest absolute Gasteiger partial charge is 0.364 e. The van der Waals surface area contributed by atoms with Crippen LogP contribution in [0.3, 0.4) is 0 Å². The standard InChI is InChI=1S/C12H9ClN4OS/c13-11-16-9-4-2-1-3-8(9)10(17-11)14-5-7-6-19-12(18)15-7/h1-4,6H,5H2,(H,15,18)(H,14,16,17). The van der Waals surface area contributed by atoms with Gasteiger partial charge < -0.3 is 10.3 Å². The van der Waals surface area contributed by atoms with E-state index in [2.05, 4.69) is 20.3 Å². The number of para-hydroxylation sites is 1. The first kappa shape index (κ1) is 12.1. The molecule has 0 spiro atoms. The molecule has 2 heterocycles. The van der Waals surface area contributed by atoms with Crippen LogP contribution in [0.15, 0.2) is 34.4 Å². The number of aromatic nitrogens is 3. The fraction of sp³-hybridized carbons (Fsp3) is 0.0833. The second kappa shape index (κ2) is 4.99. The summed E-state index contributed by atoms with van der Waals surface area (Å²) in [5.74, 6) is 0.655. The zero-order valence-electron chi connectivity index (χ0n) is 9.68. The van der Waals surface area contributed by atoms with E-state index in [0.717, 1.165) is 27.9 Å². The summed E-state index contributed by atoms with van der Waals surface area (Å²) in [4.78, 5) is 22.1. The van der Waals surface area contributed by atoms with E-state index in [9.17, 15) is 4.79 Å². The fourth-order valence-corrected chi connectivity index (χ4v) is 2.52. The molecule has 0 aliphatic rings. The molecule has 19 heavy (non-hydrogen) atoms. The molecule has 0 bridgehead atoms. The van der Waals surface area contributed by atoms with Crippen LogP contribution in [0.4, 0.5) is 5.82 Å². The van der Waals surface area contributed by atoms with Crippen molar-refractivity contribution >= 4 is 39.7 Å². The van der Waals surface area contributed by atoms with Crippen molar-refractivity contribution in [2.75, 3.05) is 5.32 Å². The van der Waals surface area contributed by atoms with Gasteiger partial charge in [-0.25, -0.2) is 9.97 Å². The van der Waals surface area contributed by atoms with E-state index < -0.39 is 0 Å². The number of benzene rings is 1. The van der Waals surface area contributed by atoms with Crippen molar-refractivity contribution in [2.24, 2.45) is 0 Å². The Hall–Kier alpha value is -1.92. The highest BCUT2D eigenvalue weighted by Gasteiger charge is 2.06. The normalized spacial score (nSPS) is 10.8. The van der Waals surface area contributed by atoms with E-state index >= 15 is 0 Å². The van der Waals surface area contributed by atoms with Gasteiger partial charge in [0.05, 0.1) is 12.1 Å². The molecule has 0 aliphatic carbocycles. The van der Waals surface area contributed by atoms with Gasteiger partial charge in [-0.1, -0.05) is 23.5 Å². The summed E-state index contributed by atoms with van der Waals surface area (Å²) in [6, 6.07) is 7.61. The summed E-state index contributed by atoms with van der Waals surface area (Å²) in [6.07, 6.45) is 0. The Bertz CT molecular complexity index is 782. The summed E-state index contributed by atoms with van der Waals surface area (Å²) in [6.45, 7) is 0.482. The van der Waals surface area contributed by atoms with Gasteiger partial charge in [-0.15, -0.1) is 0 Å². The molecule has 5 nitrogen and oxygen atoms in total. The lowest BCUT2D eigenvalue weighted by atomic mass is 10.2. The maximum atomic E-state index is 11.1. The molecule has 96 valence electrons. The molecule has 0 saturated heterocycles.